The van der Waals surface area contributed by atoms with E-state index >= 15 is 0 Å². The number of nitrogens with zero attached hydrogens (tertiary/aromatic N) is 4. The molecule has 2 heterocycles. The molecule has 4 rings (SSSR count). The van der Waals surface area contributed by atoms with Crippen molar-refractivity contribution in [2.75, 3.05) is 32.7 Å². The molecule has 7 nitrogen and oxygen atoms in total. The molecule has 1 aliphatic carbocycles. The fraction of sp³-hybridized carbons (Fsp3) is 0.609. The molecule has 2 aliphatic rings. The minimum atomic E-state index is -0.486. The Morgan fingerprint density at radius 2 is 1.70 bits per heavy atom. The third-order valence-electron chi connectivity index (χ3n) is 6.37. The van der Waals surface area contributed by atoms with Crippen LogP contribution in [0.2, 0.25) is 0 Å². The lowest BCUT2D eigenvalue weighted by Gasteiger charge is -2.36. The summed E-state index contributed by atoms with van der Waals surface area (Å²) in [5, 5.41) is 7.50. The molecule has 0 spiro atoms. The highest BCUT2D eigenvalue weighted by Crippen LogP contribution is 2.34. The number of carbonyl (C=O) groups excluding carboxylic acids is 1. The van der Waals surface area contributed by atoms with Gasteiger partial charge in [-0.1, -0.05) is 61.2 Å². The van der Waals surface area contributed by atoms with E-state index in [1.165, 1.54) is 18.4 Å². The van der Waals surface area contributed by atoms with Crippen LogP contribution in [0.1, 0.15) is 55.8 Å². The summed E-state index contributed by atoms with van der Waals surface area (Å²) in [5.41, 5.74) is 0.856. The van der Waals surface area contributed by atoms with Gasteiger partial charge in [0, 0.05) is 39.6 Å². The van der Waals surface area contributed by atoms with Gasteiger partial charge in [0.1, 0.15) is 5.54 Å². The lowest BCUT2D eigenvalue weighted by atomic mass is 9.89. The predicted molar refractivity (Wildman–Crippen MR) is 115 cm³/mol. The first kappa shape index (κ1) is 21.0. The van der Waals surface area contributed by atoms with E-state index in [-0.39, 0.29) is 5.91 Å². The number of aryl methyl sites for hydroxylation is 1. The van der Waals surface area contributed by atoms with Crippen molar-refractivity contribution in [3.8, 4) is 0 Å². The summed E-state index contributed by atoms with van der Waals surface area (Å²) in [5.74, 6) is 1.26. The van der Waals surface area contributed by atoms with Crippen molar-refractivity contribution in [1.29, 1.82) is 0 Å². The van der Waals surface area contributed by atoms with Gasteiger partial charge < -0.3 is 9.84 Å². The predicted octanol–water partition coefficient (Wildman–Crippen LogP) is 2.86. The van der Waals surface area contributed by atoms with E-state index in [2.05, 4.69) is 55.6 Å². The third kappa shape index (κ3) is 5.26. The zero-order chi connectivity index (χ0) is 20.8. The maximum atomic E-state index is 13.0. The number of amides is 1. The van der Waals surface area contributed by atoms with E-state index in [4.69, 9.17) is 4.52 Å². The number of hydrogen-bond acceptors (Lipinski definition) is 6. The summed E-state index contributed by atoms with van der Waals surface area (Å²) in [4.78, 5) is 22.2. The van der Waals surface area contributed by atoms with E-state index in [9.17, 15) is 4.79 Å². The van der Waals surface area contributed by atoms with Gasteiger partial charge in [0.2, 0.25) is 11.8 Å². The second-order valence-electron chi connectivity index (χ2n) is 8.72. The third-order valence-corrected chi connectivity index (χ3v) is 6.37. The normalized spacial score (nSPS) is 20.6. The van der Waals surface area contributed by atoms with Gasteiger partial charge in [0.05, 0.1) is 6.54 Å². The van der Waals surface area contributed by atoms with E-state index in [1.807, 2.05) is 0 Å². The molecule has 1 aliphatic heterocycles. The summed E-state index contributed by atoms with van der Waals surface area (Å²) >= 11 is 0. The smallest absolute Gasteiger partial charge is 0.234 e. The van der Waals surface area contributed by atoms with Crippen LogP contribution in [0, 0.1) is 6.92 Å². The van der Waals surface area contributed by atoms with E-state index < -0.39 is 5.54 Å². The van der Waals surface area contributed by atoms with Crippen LogP contribution < -0.4 is 5.32 Å². The summed E-state index contributed by atoms with van der Waals surface area (Å²) in [6, 6.07) is 10.6. The summed E-state index contributed by atoms with van der Waals surface area (Å²) in [7, 11) is 0. The zero-order valence-electron chi connectivity index (χ0n) is 18.0. The molecule has 0 atom stereocenters. The van der Waals surface area contributed by atoms with Crippen molar-refractivity contribution in [2.24, 2.45) is 0 Å². The minimum Gasteiger partial charge on any atom is -0.342 e. The average molecular weight is 412 g/mol. The van der Waals surface area contributed by atoms with Gasteiger partial charge in [0.15, 0.2) is 5.82 Å². The molecule has 1 aromatic heterocycles. The second-order valence-corrected chi connectivity index (χ2v) is 8.72. The average Bonchev–Trinajstić information content (AvgIpc) is 3.06. The molecular formula is C23H33N5O2. The highest BCUT2D eigenvalue weighted by atomic mass is 16.5. The van der Waals surface area contributed by atoms with Gasteiger partial charge in [0.25, 0.3) is 0 Å². The van der Waals surface area contributed by atoms with Gasteiger partial charge in [-0.15, -0.1) is 0 Å². The molecule has 0 bridgehead atoms. The highest BCUT2D eigenvalue weighted by molar-refractivity contribution is 5.79. The number of hydrogen-bond donors (Lipinski definition) is 1. The van der Waals surface area contributed by atoms with Gasteiger partial charge in [-0.25, -0.2) is 0 Å². The molecule has 0 unspecified atom stereocenters. The number of nitrogens with one attached hydrogen (secondary N) is 1. The molecule has 30 heavy (non-hydrogen) atoms. The van der Waals surface area contributed by atoms with Crippen LogP contribution in [0.5, 0.6) is 0 Å². The molecule has 2 aromatic rings. The Kier molecular flexibility index (Phi) is 6.79. The van der Waals surface area contributed by atoms with Crippen LogP contribution >= 0.6 is 0 Å². The number of piperazine rings is 1. The van der Waals surface area contributed by atoms with Crippen molar-refractivity contribution in [3.63, 3.8) is 0 Å². The first-order valence-corrected chi connectivity index (χ1v) is 11.2. The van der Waals surface area contributed by atoms with Crippen molar-refractivity contribution in [1.82, 2.24) is 25.3 Å². The monoisotopic (exact) mass is 411 g/mol. The quantitative estimate of drug-likeness (QED) is 0.737. The largest absolute Gasteiger partial charge is 0.342 e. The van der Waals surface area contributed by atoms with Crippen LogP contribution in [-0.2, 0) is 16.9 Å². The maximum absolute atomic E-state index is 13.0. The van der Waals surface area contributed by atoms with E-state index in [1.54, 1.807) is 6.92 Å². The van der Waals surface area contributed by atoms with Crippen molar-refractivity contribution in [2.45, 2.75) is 57.5 Å². The number of benzene rings is 1. The highest BCUT2D eigenvalue weighted by Gasteiger charge is 2.39. The fourth-order valence-electron chi connectivity index (χ4n) is 4.69. The molecule has 162 valence electrons. The molecule has 7 heteroatoms. The fourth-order valence-corrected chi connectivity index (χ4v) is 4.69. The minimum absolute atomic E-state index is 0.0656. The zero-order valence-corrected chi connectivity index (χ0v) is 18.0. The molecule has 1 saturated carbocycles. The Morgan fingerprint density at radius 3 is 2.33 bits per heavy atom. The molecule has 1 saturated heterocycles. The van der Waals surface area contributed by atoms with Crippen molar-refractivity contribution < 1.29 is 9.32 Å². The second kappa shape index (κ2) is 9.71. The van der Waals surface area contributed by atoms with Crippen molar-refractivity contribution in [3.05, 3.63) is 47.6 Å². The van der Waals surface area contributed by atoms with Crippen LogP contribution in [0.4, 0.5) is 0 Å². The lowest BCUT2D eigenvalue weighted by Crippen LogP contribution is -2.53. The van der Waals surface area contributed by atoms with Crippen molar-refractivity contribution >= 4 is 5.91 Å². The molecule has 0 radical (unpaired) electrons. The number of rotatable bonds is 6. The van der Waals surface area contributed by atoms with E-state index in [0.717, 1.165) is 58.4 Å². The lowest BCUT2D eigenvalue weighted by molar-refractivity contribution is -0.125. The van der Waals surface area contributed by atoms with Gasteiger partial charge in [-0.2, -0.15) is 4.98 Å². The van der Waals surface area contributed by atoms with E-state index in [0.29, 0.717) is 18.3 Å². The standard InChI is InChI=1S/C23H33N5O2/c1-19-24-22(26-30-19)23(11-7-2-3-8-12-23)25-21(29)18-28-15-13-27(14-16-28)17-20-9-5-4-6-10-20/h4-6,9-10H,2-3,7-8,11-18H2,1H3,(H,25,29). The Hall–Kier alpha value is -2.25. The first-order valence-electron chi connectivity index (χ1n) is 11.2. The van der Waals surface area contributed by atoms with Crippen LogP contribution in [0.3, 0.4) is 0 Å². The summed E-state index contributed by atoms with van der Waals surface area (Å²) in [6.07, 6.45) is 6.29. The number of aromatic nitrogens is 2. The Labute approximate surface area is 178 Å². The Bertz CT molecular complexity index is 806. The molecular weight excluding hydrogens is 378 g/mol. The Morgan fingerprint density at radius 1 is 1.03 bits per heavy atom. The Balaban J connectivity index is 1.32. The topological polar surface area (TPSA) is 74.5 Å². The van der Waals surface area contributed by atoms with Gasteiger partial charge in [-0.3, -0.25) is 14.6 Å². The molecule has 1 N–H and O–H groups in total. The van der Waals surface area contributed by atoms with Crippen LogP contribution in [0.25, 0.3) is 0 Å². The number of carbonyl (C=O) groups is 1. The van der Waals surface area contributed by atoms with Crippen LogP contribution in [0.15, 0.2) is 34.9 Å². The molecule has 1 aromatic carbocycles. The molecule has 1 amide bonds. The van der Waals surface area contributed by atoms with Gasteiger partial charge >= 0.3 is 0 Å². The summed E-state index contributed by atoms with van der Waals surface area (Å²) in [6.45, 7) is 6.99. The molecule has 2 fully saturated rings. The maximum Gasteiger partial charge on any atom is 0.234 e. The SMILES string of the molecule is Cc1nc(C2(NC(=O)CN3CCN(Cc4ccccc4)CC3)CCCCCC2)no1. The first-order chi connectivity index (χ1) is 14.6. The summed E-state index contributed by atoms with van der Waals surface area (Å²) < 4.78 is 5.25. The van der Waals surface area contributed by atoms with Gasteiger partial charge in [-0.05, 0) is 18.4 Å². The van der Waals surface area contributed by atoms with Crippen LogP contribution in [-0.4, -0.2) is 58.6 Å².